The van der Waals surface area contributed by atoms with E-state index in [0.717, 1.165) is 28.1 Å². The lowest BCUT2D eigenvalue weighted by Crippen LogP contribution is -2.25. The molecular formula is C19H16F2N2O2S. The Labute approximate surface area is 153 Å². The average Bonchev–Trinajstić information content (AvgIpc) is 3.13. The second-order valence-electron chi connectivity index (χ2n) is 6.07. The van der Waals surface area contributed by atoms with Crippen LogP contribution in [0.15, 0.2) is 41.9 Å². The number of nitrogens with one attached hydrogen (secondary N) is 1. The van der Waals surface area contributed by atoms with Crippen molar-refractivity contribution in [2.75, 3.05) is 5.32 Å². The second kappa shape index (κ2) is 6.25. The molecule has 4 nitrogen and oxygen atoms in total. The van der Waals surface area contributed by atoms with Crippen molar-refractivity contribution in [1.29, 1.82) is 0 Å². The minimum atomic E-state index is -3.60. The fraction of sp³-hybridized carbons (Fsp3) is 0.211. The van der Waals surface area contributed by atoms with E-state index in [-0.39, 0.29) is 11.5 Å². The van der Waals surface area contributed by atoms with E-state index in [1.807, 2.05) is 43.6 Å². The molecule has 0 fully saturated rings. The van der Waals surface area contributed by atoms with Gasteiger partial charge in [-0.05, 0) is 54.8 Å². The summed E-state index contributed by atoms with van der Waals surface area (Å²) < 4.78 is 35.5. The largest absolute Gasteiger partial charge is 0.586 e. The fourth-order valence-electron chi connectivity index (χ4n) is 2.85. The van der Waals surface area contributed by atoms with E-state index in [9.17, 15) is 8.78 Å². The summed E-state index contributed by atoms with van der Waals surface area (Å²) in [5.41, 5.74) is 6.43. The lowest BCUT2D eigenvalue weighted by atomic mass is 9.99. The van der Waals surface area contributed by atoms with E-state index in [1.165, 1.54) is 4.88 Å². The molecule has 1 aliphatic rings. The zero-order chi connectivity index (χ0) is 18.3. The number of hydrogen-bond donors (Lipinski definition) is 1. The maximum atomic E-state index is 13.2. The van der Waals surface area contributed by atoms with Gasteiger partial charge in [0, 0.05) is 10.6 Å². The minimum absolute atomic E-state index is 0.0541. The van der Waals surface area contributed by atoms with E-state index in [2.05, 4.69) is 19.8 Å². The Hall–Kier alpha value is -2.67. The first-order valence-electron chi connectivity index (χ1n) is 8.05. The average molecular weight is 374 g/mol. The van der Waals surface area contributed by atoms with Crippen LogP contribution in [0.5, 0.6) is 11.5 Å². The first kappa shape index (κ1) is 16.8. The minimum Gasteiger partial charge on any atom is -0.395 e. The van der Waals surface area contributed by atoms with Crippen molar-refractivity contribution in [2.24, 2.45) is 0 Å². The van der Waals surface area contributed by atoms with Crippen LogP contribution in [0.1, 0.15) is 16.1 Å². The molecule has 0 saturated carbocycles. The lowest BCUT2D eigenvalue weighted by Gasteiger charge is -2.10. The molecule has 3 aromatic rings. The van der Waals surface area contributed by atoms with Crippen LogP contribution < -0.4 is 14.8 Å². The van der Waals surface area contributed by atoms with Gasteiger partial charge in [0.25, 0.3) is 0 Å². The lowest BCUT2D eigenvalue weighted by molar-refractivity contribution is -0.286. The van der Waals surface area contributed by atoms with Gasteiger partial charge in [-0.1, -0.05) is 12.1 Å². The molecule has 2 aromatic carbocycles. The first-order valence-corrected chi connectivity index (χ1v) is 8.93. The summed E-state index contributed by atoms with van der Waals surface area (Å²) in [4.78, 5) is 5.43. The van der Waals surface area contributed by atoms with E-state index < -0.39 is 6.29 Å². The SMILES string of the molecule is Cc1cc2c(cc1-c1ccc(NCc3scnc3C)cc1)OC(F)(F)O2. The Balaban J connectivity index is 1.53. The highest BCUT2D eigenvalue weighted by Crippen LogP contribution is 2.44. The zero-order valence-electron chi connectivity index (χ0n) is 14.2. The molecule has 2 heterocycles. The number of benzene rings is 2. The van der Waals surface area contributed by atoms with Crippen LogP contribution in [-0.4, -0.2) is 11.3 Å². The van der Waals surface area contributed by atoms with Crippen molar-refractivity contribution in [2.45, 2.75) is 26.7 Å². The summed E-state index contributed by atoms with van der Waals surface area (Å²) in [7, 11) is 0. The number of rotatable bonds is 4. The number of thiazole rings is 1. The number of nitrogens with zero attached hydrogens (tertiary/aromatic N) is 1. The van der Waals surface area contributed by atoms with Gasteiger partial charge >= 0.3 is 6.29 Å². The Bertz CT molecular complexity index is 955. The van der Waals surface area contributed by atoms with E-state index in [0.29, 0.717) is 6.54 Å². The van der Waals surface area contributed by atoms with E-state index in [1.54, 1.807) is 23.5 Å². The van der Waals surface area contributed by atoms with Crippen LogP contribution in [0.25, 0.3) is 11.1 Å². The van der Waals surface area contributed by atoms with Gasteiger partial charge in [0.2, 0.25) is 0 Å². The van der Waals surface area contributed by atoms with Crippen molar-refractivity contribution in [3.05, 3.63) is 58.0 Å². The van der Waals surface area contributed by atoms with Gasteiger partial charge < -0.3 is 14.8 Å². The number of alkyl halides is 2. The normalized spacial score (nSPS) is 14.5. The molecular weight excluding hydrogens is 358 g/mol. The predicted molar refractivity (Wildman–Crippen MR) is 97.0 cm³/mol. The van der Waals surface area contributed by atoms with Crippen molar-refractivity contribution in [1.82, 2.24) is 4.98 Å². The number of halogens is 2. The van der Waals surface area contributed by atoms with Gasteiger partial charge in [-0.2, -0.15) is 0 Å². The maximum Gasteiger partial charge on any atom is 0.586 e. The molecule has 1 aliphatic heterocycles. The van der Waals surface area contributed by atoms with Gasteiger partial charge in [0.15, 0.2) is 11.5 Å². The molecule has 0 bridgehead atoms. The maximum absolute atomic E-state index is 13.2. The van der Waals surface area contributed by atoms with Crippen LogP contribution in [0.2, 0.25) is 0 Å². The van der Waals surface area contributed by atoms with Crippen molar-refractivity contribution in [3.63, 3.8) is 0 Å². The molecule has 7 heteroatoms. The standard InChI is InChI=1S/C19H16F2N2O2S/c1-11-7-16-17(25-19(20,21)24-16)8-15(11)13-3-5-14(6-4-13)22-9-18-12(2)23-10-26-18/h3-8,10,22H,9H2,1-2H3. The van der Waals surface area contributed by atoms with Crippen LogP contribution in [0.3, 0.4) is 0 Å². The van der Waals surface area contributed by atoms with Crippen molar-refractivity contribution >= 4 is 17.0 Å². The highest BCUT2D eigenvalue weighted by molar-refractivity contribution is 7.09. The van der Waals surface area contributed by atoms with Gasteiger partial charge in [0.05, 0.1) is 17.7 Å². The molecule has 0 unspecified atom stereocenters. The van der Waals surface area contributed by atoms with Crippen molar-refractivity contribution in [3.8, 4) is 22.6 Å². The molecule has 0 atom stereocenters. The zero-order valence-corrected chi connectivity index (χ0v) is 15.0. The molecule has 0 amide bonds. The number of fused-ring (bicyclic) bond motifs is 1. The van der Waals surface area contributed by atoms with Gasteiger partial charge in [-0.15, -0.1) is 20.1 Å². The summed E-state index contributed by atoms with van der Waals surface area (Å²) in [5, 5.41) is 3.36. The van der Waals surface area contributed by atoms with Crippen LogP contribution in [-0.2, 0) is 6.54 Å². The summed E-state index contributed by atoms with van der Waals surface area (Å²) in [6, 6.07) is 11.0. The highest BCUT2D eigenvalue weighted by Gasteiger charge is 2.43. The third-order valence-corrected chi connectivity index (χ3v) is 5.18. The molecule has 0 radical (unpaired) electrons. The molecule has 134 valence electrons. The van der Waals surface area contributed by atoms with Crippen molar-refractivity contribution < 1.29 is 18.3 Å². The smallest absolute Gasteiger partial charge is 0.395 e. The Kier molecular flexibility index (Phi) is 4.03. The number of ether oxygens (including phenoxy) is 2. The number of aromatic nitrogens is 1. The van der Waals surface area contributed by atoms with E-state index >= 15 is 0 Å². The molecule has 4 rings (SSSR count). The topological polar surface area (TPSA) is 43.4 Å². The molecule has 0 saturated heterocycles. The van der Waals surface area contributed by atoms with Gasteiger partial charge in [0.1, 0.15) is 0 Å². The van der Waals surface area contributed by atoms with Crippen LogP contribution in [0, 0.1) is 13.8 Å². The Morgan fingerprint density at radius 2 is 1.77 bits per heavy atom. The van der Waals surface area contributed by atoms with Gasteiger partial charge in [-0.25, -0.2) is 4.98 Å². The summed E-state index contributed by atoms with van der Waals surface area (Å²) in [6.07, 6.45) is -3.60. The summed E-state index contributed by atoms with van der Waals surface area (Å²) in [5.74, 6) is 0.118. The number of anilines is 1. The summed E-state index contributed by atoms with van der Waals surface area (Å²) in [6.45, 7) is 4.56. The molecule has 0 aliphatic carbocycles. The monoisotopic (exact) mass is 374 g/mol. The Morgan fingerprint density at radius 1 is 1.08 bits per heavy atom. The predicted octanol–water partition coefficient (Wildman–Crippen LogP) is 5.36. The second-order valence-corrected chi connectivity index (χ2v) is 7.01. The third kappa shape index (κ3) is 3.22. The molecule has 0 spiro atoms. The number of hydrogen-bond acceptors (Lipinski definition) is 5. The number of aryl methyl sites for hydroxylation is 2. The molecule has 26 heavy (non-hydrogen) atoms. The quantitative estimate of drug-likeness (QED) is 0.668. The Morgan fingerprint density at radius 3 is 2.42 bits per heavy atom. The van der Waals surface area contributed by atoms with Crippen LogP contribution in [0.4, 0.5) is 14.5 Å². The first-order chi connectivity index (χ1) is 12.4. The summed E-state index contributed by atoms with van der Waals surface area (Å²) >= 11 is 1.62. The van der Waals surface area contributed by atoms with Gasteiger partial charge in [-0.3, -0.25) is 0 Å². The fourth-order valence-corrected chi connectivity index (χ4v) is 3.57. The third-order valence-electron chi connectivity index (χ3n) is 4.24. The van der Waals surface area contributed by atoms with E-state index in [4.69, 9.17) is 0 Å². The van der Waals surface area contributed by atoms with Crippen LogP contribution >= 0.6 is 11.3 Å². The highest BCUT2D eigenvalue weighted by atomic mass is 32.1. The molecule has 1 N–H and O–H groups in total. The molecule has 1 aromatic heterocycles.